The summed E-state index contributed by atoms with van der Waals surface area (Å²) in [4.78, 5) is 32.4. The number of aliphatic carboxylic acids is 1. The van der Waals surface area contributed by atoms with Crippen molar-refractivity contribution in [2.75, 3.05) is 5.32 Å². The number of carboxylic acid groups (broad SMARTS) is 1. The van der Waals surface area contributed by atoms with Gasteiger partial charge in [-0.1, -0.05) is 48.0 Å². The number of hydrogen-bond acceptors (Lipinski definition) is 5. The van der Waals surface area contributed by atoms with Crippen LogP contribution in [0.25, 0.3) is 5.70 Å². The van der Waals surface area contributed by atoms with Gasteiger partial charge in [0.2, 0.25) is 6.41 Å². The summed E-state index contributed by atoms with van der Waals surface area (Å²) in [6.45, 7) is 5.68. The van der Waals surface area contributed by atoms with E-state index in [-0.39, 0.29) is 5.69 Å². The van der Waals surface area contributed by atoms with Gasteiger partial charge in [-0.25, -0.2) is 4.79 Å². The number of allylic oxidation sites excluding steroid dienone is 1. The summed E-state index contributed by atoms with van der Waals surface area (Å²) in [7, 11) is 0. The first kappa shape index (κ1) is 28.4. The van der Waals surface area contributed by atoms with Gasteiger partial charge in [-0.05, 0) is 73.6 Å². The van der Waals surface area contributed by atoms with E-state index in [2.05, 4.69) is 10.6 Å². The predicted molar refractivity (Wildman–Crippen MR) is 149 cm³/mol. The first-order chi connectivity index (χ1) is 18.1. The molecule has 1 atom stereocenters. The Bertz CT molecular complexity index is 1360. The number of halogens is 1. The second kappa shape index (κ2) is 12.9. The zero-order valence-electron chi connectivity index (χ0n) is 21.5. The molecule has 4 rings (SSSR count). The lowest BCUT2D eigenvalue weighted by Gasteiger charge is -2.21. The number of non-ortho nitro benzene ring substituents is 1. The Kier molecular flexibility index (Phi) is 9.62. The molecule has 0 saturated heterocycles. The van der Waals surface area contributed by atoms with Crippen molar-refractivity contribution < 1.29 is 19.6 Å². The summed E-state index contributed by atoms with van der Waals surface area (Å²) in [6.07, 6.45) is 2.84. The van der Waals surface area contributed by atoms with Gasteiger partial charge < -0.3 is 15.7 Å². The quantitative estimate of drug-likeness (QED) is 0.170. The highest BCUT2D eigenvalue weighted by Crippen LogP contribution is 2.38. The minimum absolute atomic E-state index is 0.153. The van der Waals surface area contributed by atoms with E-state index < -0.39 is 16.9 Å². The van der Waals surface area contributed by atoms with Crippen LogP contribution in [-0.2, 0) is 16.0 Å². The Balaban J connectivity index is 0.000000336. The molecule has 0 aromatic heterocycles. The molecule has 9 heteroatoms. The van der Waals surface area contributed by atoms with Gasteiger partial charge in [0, 0.05) is 35.5 Å². The van der Waals surface area contributed by atoms with Crippen LogP contribution in [0.1, 0.15) is 40.7 Å². The van der Waals surface area contributed by atoms with Gasteiger partial charge in [0.05, 0.1) is 9.95 Å². The Morgan fingerprint density at radius 3 is 2.32 bits per heavy atom. The summed E-state index contributed by atoms with van der Waals surface area (Å²) in [6, 6.07) is 16.9. The highest BCUT2D eigenvalue weighted by atomic mass is 35.5. The number of aryl methyl sites for hydroxylation is 3. The minimum Gasteiger partial charge on any atom is -0.480 e. The van der Waals surface area contributed by atoms with E-state index in [9.17, 15) is 24.8 Å². The molecule has 198 valence electrons. The van der Waals surface area contributed by atoms with Crippen LogP contribution in [0.4, 0.5) is 11.4 Å². The third-order valence-electron chi connectivity index (χ3n) is 6.10. The van der Waals surface area contributed by atoms with Crippen LogP contribution in [0.15, 0.2) is 66.2 Å². The van der Waals surface area contributed by atoms with Gasteiger partial charge in [-0.3, -0.25) is 14.9 Å². The minimum atomic E-state index is -0.920. The number of carboxylic acids is 1. The molecule has 1 unspecified atom stereocenters. The molecular weight excluding hydrogens is 506 g/mol. The number of nitro groups is 1. The van der Waals surface area contributed by atoms with Gasteiger partial charge in [0.15, 0.2) is 0 Å². The molecule has 0 radical (unpaired) electrons. The molecule has 1 fully saturated rings. The number of carbonyl (C=O) groups is 2. The summed E-state index contributed by atoms with van der Waals surface area (Å²) >= 11 is 6.43. The monoisotopic (exact) mass is 535 g/mol. The van der Waals surface area contributed by atoms with Crippen molar-refractivity contribution in [2.45, 2.75) is 46.1 Å². The Morgan fingerprint density at radius 2 is 1.79 bits per heavy atom. The van der Waals surface area contributed by atoms with Crippen LogP contribution in [0, 0.1) is 30.9 Å². The highest BCUT2D eigenvalue weighted by Gasteiger charge is 2.27. The Morgan fingerprint density at radius 1 is 1.08 bits per heavy atom. The van der Waals surface area contributed by atoms with Gasteiger partial charge in [0.1, 0.15) is 6.04 Å². The average molecular weight is 536 g/mol. The molecule has 0 heterocycles. The van der Waals surface area contributed by atoms with Crippen molar-refractivity contribution in [3.8, 4) is 0 Å². The smallest absolute Gasteiger partial charge is 0.326 e. The number of amides is 1. The van der Waals surface area contributed by atoms with E-state index in [1.807, 2.05) is 57.2 Å². The molecule has 3 aromatic carbocycles. The van der Waals surface area contributed by atoms with E-state index in [0.29, 0.717) is 23.5 Å². The van der Waals surface area contributed by atoms with Crippen LogP contribution in [-0.4, -0.2) is 28.5 Å². The lowest BCUT2D eigenvalue weighted by atomic mass is 10.00. The summed E-state index contributed by atoms with van der Waals surface area (Å²) in [5.41, 5.74) is 7.47. The molecular formula is C29H30ClN3O5. The molecule has 1 saturated carbocycles. The largest absolute Gasteiger partial charge is 0.480 e. The van der Waals surface area contributed by atoms with Crippen LogP contribution < -0.4 is 10.6 Å². The molecule has 1 aliphatic carbocycles. The third kappa shape index (κ3) is 7.66. The molecule has 0 aliphatic heterocycles. The maximum atomic E-state index is 12.0. The van der Waals surface area contributed by atoms with E-state index in [4.69, 9.17) is 11.6 Å². The van der Waals surface area contributed by atoms with Crippen LogP contribution in [0.3, 0.4) is 0 Å². The Hall–Kier alpha value is -4.17. The van der Waals surface area contributed by atoms with Crippen LogP contribution in [0.2, 0.25) is 5.02 Å². The van der Waals surface area contributed by atoms with Crippen molar-refractivity contribution in [1.82, 2.24) is 5.32 Å². The number of nitro benzene ring substituents is 1. The Labute approximate surface area is 226 Å². The molecule has 8 nitrogen and oxygen atoms in total. The molecule has 3 N–H and O–H groups in total. The third-order valence-corrected chi connectivity index (χ3v) is 6.41. The second-order valence-corrected chi connectivity index (χ2v) is 9.56. The standard InChI is InChI=1S/C22H23ClN2O3.C7H7NO2/c1-13-4-3-5-17(23)20(13)21(16-7-8-16)25-19(22(27)28)11-15-6-9-18(24-12-26)14(2)10-15;1-6-3-2-4-7(5-6)8(9)10/h3-6,9-10,12,19,25H,7-8,11H2,1-2H3,(H,24,26)(H,27,28);2-5H,1H3. The first-order valence-electron chi connectivity index (χ1n) is 12.1. The first-order valence-corrected chi connectivity index (χ1v) is 12.5. The van der Waals surface area contributed by atoms with Gasteiger partial charge in [0.25, 0.3) is 5.69 Å². The summed E-state index contributed by atoms with van der Waals surface area (Å²) in [5.74, 6) is -0.920. The van der Waals surface area contributed by atoms with Crippen molar-refractivity contribution in [2.24, 2.45) is 0 Å². The van der Waals surface area contributed by atoms with Gasteiger partial charge in [-0.2, -0.15) is 0 Å². The van der Waals surface area contributed by atoms with Crippen LogP contribution in [0.5, 0.6) is 0 Å². The van der Waals surface area contributed by atoms with Gasteiger partial charge in [-0.15, -0.1) is 0 Å². The normalized spacial score (nSPS) is 12.5. The molecule has 3 aromatic rings. The van der Waals surface area contributed by atoms with Crippen molar-refractivity contribution in [3.63, 3.8) is 0 Å². The highest BCUT2D eigenvalue weighted by molar-refractivity contribution is 6.32. The predicted octanol–water partition coefficient (Wildman–Crippen LogP) is 6.22. The fourth-order valence-electron chi connectivity index (χ4n) is 4.04. The summed E-state index contributed by atoms with van der Waals surface area (Å²) < 4.78 is 0. The summed E-state index contributed by atoms with van der Waals surface area (Å²) in [5, 5.41) is 26.5. The fourth-order valence-corrected chi connectivity index (χ4v) is 4.36. The number of nitrogens with zero attached hydrogens (tertiary/aromatic N) is 1. The lowest BCUT2D eigenvalue weighted by molar-refractivity contribution is -0.384. The van der Waals surface area contributed by atoms with E-state index in [1.54, 1.807) is 18.2 Å². The van der Waals surface area contributed by atoms with E-state index in [1.165, 1.54) is 11.6 Å². The van der Waals surface area contributed by atoms with E-state index >= 15 is 0 Å². The van der Waals surface area contributed by atoms with Crippen molar-refractivity contribution in [3.05, 3.63) is 109 Å². The molecule has 38 heavy (non-hydrogen) atoms. The zero-order valence-corrected chi connectivity index (χ0v) is 22.2. The SMILES string of the molecule is Cc1cc(CC(NC(=C2CC2)c2c(C)cccc2Cl)C(=O)O)ccc1NC=O.Cc1cccc([N+](=O)[O-])c1. The maximum Gasteiger partial charge on any atom is 0.326 e. The molecule has 1 aliphatic rings. The topological polar surface area (TPSA) is 122 Å². The molecule has 0 spiro atoms. The van der Waals surface area contributed by atoms with Crippen molar-refractivity contribution in [1.29, 1.82) is 0 Å². The number of nitrogens with one attached hydrogen (secondary N) is 2. The second-order valence-electron chi connectivity index (χ2n) is 9.16. The maximum absolute atomic E-state index is 12.0. The van der Waals surface area contributed by atoms with Crippen molar-refractivity contribution >= 4 is 41.1 Å². The van der Waals surface area contributed by atoms with E-state index in [0.717, 1.165) is 46.4 Å². The molecule has 1 amide bonds. The number of hydrogen-bond donors (Lipinski definition) is 3. The average Bonchev–Trinajstić information content (AvgIpc) is 3.70. The zero-order chi connectivity index (χ0) is 27.8. The number of rotatable bonds is 9. The number of carbonyl (C=O) groups excluding carboxylic acids is 1. The van der Waals surface area contributed by atoms with Crippen LogP contribution >= 0.6 is 11.6 Å². The molecule has 0 bridgehead atoms. The lowest BCUT2D eigenvalue weighted by Crippen LogP contribution is -2.37. The fraction of sp³-hybridized carbons (Fsp3) is 0.241. The number of anilines is 1. The van der Waals surface area contributed by atoms with Gasteiger partial charge >= 0.3 is 5.97 Å². The number of benzene rings is 3.